The van der Waals surface area contributed by atoms with Crippen LogP contribution >= 0.6 is 27.7 Å². The Kier molecular flexibility index (Phi) is 5.75. The van der Waals surface area contributed by atoms with Crippen molar-refractivity contribution in [3.8, 4) is 5.75 Å². The third kappa shape index (κ3) is 4.96. The van der Waals surface area contributed by atoms with Crippen LogP contribution in [0.1, 0.15) is 5.56 Å². The van der Waals surface area contributed by atoms with Crippen molar-refractivity contribution in [3.05, 3.63) is 63.5 Å². The quantitative estimate of drug-likeness (QED) is 0.701. The molecule has 26 heavy (non-hydrogen) atoms. The lowest BCUT2D eigenvalue weighted by Crippen LogP contribution is -2.20. The van der Waals surface area contributed by atoms with Crippen LogP contribution in [0.5, 0.6) is 5.75 Å². The van der Waals surface area contributed by atoms with Crippen LogP contribution in [0.25, 0.3) is 6.08 Å². The third-order valence-electron chi connectivity index (χ3n) is 3.32. The summed E-state index contributed by atoms with van der Waals surface area (Å²) in [6.45, 7) is -0.122. The molecule has 2 N–H and O–H groups in total. The highest BCUT2D eigenvalue weighted by Crippen LogP contribution is 2.26. The highest BCUT2D eigenvalue weighted by atomic mass is 79.9. The molecular weight excluding hydrogens is 420 g/mol. The minimum absolute atomic E-state index is 0.122. The standard InChI is InChI=1S/C18H13BrN2O4S/c19-12-3-5-13(6-4-12)20-16(22)10-25-14-7-1-11(2-8-14)9-15-17(23)21-18(24)26-15/h1-9H,10H2,(H,20,22)(H,21,23,24)/b15-9-. The maximum absolute atomic E-state index is 11.9. The fourth-order valence-corrected chi connectivity index (χ4v) is 3.06. The molecule has 0 aromatic heterocycles. The van der Waals surface area contributed by atoms with Crippen LogP contribution in [0.3, 0.4) is 0 Å². The second-order valence-electron chi connectivity index (χ2n) is 5.27. The number of hydrogen-bond donors (Lipinski definition) is 2. The van der Waals surface area contributed by atoms with E-state index in [1.54, 1.807) is 42.5 Å². The summed E-state index contributed by atoms with van der Waals surface area (Å²) < 4.78 is 6.38. The van der Waals surface area contributed by atoms with Crippen molar-refractivity contribution in [2.75, 3.05) is 11.9 Å². The lowest BCUT2D eigenvalue weighted by atomic mass is 10.2. The van der Waals surface area contributed by atoms with Crippen LogP contribution in [0, 0.1) is 0 Å². The molecule has 1 aliphatic heterocycles. The first kappa shape index (κ1) is 18.2. The van der Waals surface area contributed by atoms with E-state index in [1.807, 2.05) is 12.1 Å². The Hall–Kier alpha value is -2.58. The SMILES string of the molecule is O=C(COc1ccc(/C=C2\SC(=O)NC2=O)cc1)Nc1ccc(Br)cc1. The molecule has 2 aromatic rings. The van der Waals surface area contributed by atoms with Gasteiger partial charge in [0.1, 0.15) is 5.75 Å². The average Bonchev–Trinajstić information content (AvgIpc) is 2.93. The topological polar surface area (TPSA) is 84.5 Å². The zero-order valence-electron chi connectivity index (χ0n) is 13.3. The van der Waals surface area contributed by atoms with Gasteiger partial charge in [0.25, 0.3) is 17.1 Å². The number of ether oxygens (including phenoxy) is 1. The largest absolute Gasteiger partial charge is 0.484 e. The summed E-state index contributed by atoms with van der Waals surface area (Å²) in [7, 11) is 0. The van der Waals surface area contributed by atoms with Crippen LogP contribution in [0.2, 0.25) is 0 Å². The average molecular weight is 433 g/mol. The number of amides is 3. The predicted octanol–water partition coefficient (Wildman–Crippen LogP) is 3.79. The first-order valence-corrected chi connectivity index (χ1v) is 9.14. The van der Waals surface area contributed by atoms with Crippen molar-refractivity contribution in [2.24, 2.45) is 0 Å². The van der Waals surface area contributed by atoms with Gasteiger partial charge in [-0.15, -0.1) is 0 Å². The minimum Gasteiger partial charge on any atom is -0.484 e. The molecule has 1 saturated heterocycles. The van der Waals surface area contributed by atoms with Gasteiger partial charge >= 0.3 is 0 Å². The highest BCUT2D eigenvalue weighted by molar-refractivity contribution is 9.10. The molecule has 3 amide bonds. The van der Waals surface area contributed by atoms with Gasteiger partial charge in [0.15, 0.2) is 6.61 Å². The van der Waals surface area contributed by atoms with Crippen molar-refractivity contribution in [1.82, 2.24) is 5.32 Å². The first-order chi connectivity index (χ1) is 12.5. The molecule has 132 valence electrons. The summed E-state index contributed by atoms with van der Waals surface area (Å²) in [5.74, 6) is -0.140. The van der Waals surface area contributed by atoms with E-state index in [9.17, 15) is 14.4 Å². The molecule has 6 nitrogen and oxygen atoms in total. The van der Waals surface area contributed by atoms with Gasteiger partial charge in [0.2, 0.25) is 0 Å². The van der Waals surface area contributed by atoms with E-state index in [0.29, 0.717) is 16.3 Å². The van der Waals surface area contributed by atoms with E-state index in [0.717, 1.165) is 21.8 Å². The second kappa shape index (κ2) is 8.20. The summed E-state index contributed by atoms with van der Waals surface area (Å²) in [6, 6.07) is 14.1. The minimum atomic E-state index is -0.398. The molecule has 0 radical (unpaired) electrons. The van der Waals surface area contributed by atoms with Gasteiger partial charge in [-0.1, -0.05) is 28.1 Å². The number of benzene rings is 2. The van der Waals surface area contributed by atoms with Crippen LogP contribution in [0.15, 0.2) is 57.9 Å². The van der Waals surface area contributed by atoms with Gasteiger partial charge in [0.05, 0.1) is 4.91 Å². The molecule has 3 rings (SSSR count). The maximum atomic E-state index is 11.9. The Morgan fingerprint density at radius 2 is 1.81 bits per heavy atom. The lowest BCUT2D eigenvalue weighted by molar-refractivity contribution is -0.118. The number of nitrogens with one attached hydrogen (secondary N) is 2. The summed E-state index contributed by atoms with van der Waals surface area (Å²) in [6.07, 6.45) is 1.62. The van der Waals surface area contributed by atoms with Crippen molar-refractivity contribution >= 4 is 56.5 Å². The third-order valence-corrected chi connectivity index (χ3v) is 4.66. The van der Waals surface area contributed by atoms with Gasteiger partial charge in [-0.25, -0.2) is 0 Å². The summed E-state index contributed by atoms with van der Waals surface area (Å²) >= 11 is 4.19. The molecule has 1 aliphatic rings. The molecule has 2 aromatic carbocycles. The van der Waals surface area contributed by atoms with E-state index >= 15 is 0 Å². The maximum Gasteiger partial charge on any atom is 0.290 e. The molecule has 1 fully saturated rings. The monoisotopic (exact) mass is 432 g/mol. The normalized spacial score (nSPS) is 15.0. The number of anilines is 1. The van der Waals surface area contributed by atoms with Crippen molar-refractivity contribution in [1.29, 1.82) is 0 Å². The number of hydrogen-bond acceptors (Lipinski definition) is 5. The first-order valence-electron chi connectivity index (χ1n) is 7.53. The summed E-state index contributed by atoms with van der Waals surface area (Å²) in [5.41, 5.74) is 1.44. The van der Waals surface area contributed by atoms with Gasteiger partial charge in [-0.3, -0.25) is 19.7 Å². The highest BCUT2D eigenvalue weighted by Gasteiger charge is 2.24. The molecule has 0 unspecified atom stereocenters. The van der Waals surface area contributed by atoms with E-state index in [1.165, 1.54) is 0 Å². The smallest absolute Gasteiger partial charge is 0.290 e. The van der Waals surface area contributed by atoms with Crippen LogP contribution in [0.4, 0.5) is 10.5 Å². The summed E-state index contributed by atoms with van der Waals surface area (Å²) in [5, 5.41) is 4.56. The number of thioether (sulfide) groups is 1. The van der Waals surface area contributed by atoms with E-state index < -0.39 is 5.91 Å². The summed E-state index contributed by atoms with van der Waals surface area (Å²) in [4.78, 5) is 34.9. The Balaban J connectivity index is 1.53. The number of halogens is 1. The Morgan fingerprint density at radius 1 is 1.12 bits per heavy atom. The molecule has 0 atom stereocenters. The Morgan fingerprint density at radius 3 is 2.42 bits per heavy atom. The molecule has 0 aliphatic carbocycles. The molecular formula is C18H13BrN2O4S. The Labute approximate surface area is 162 Å². The number of rotatable bonds is 5. The zero-order valence-corrected chi connectivity index (χ0v) is 15.7. The molecule has 0 spiro atoms. The molecule has 8 heteroatoms. The van der Waals surface area contributed by atoms with Gasteiger partial charge in [0, 0.05) is 10.2 Å². The van der Waals surface area contributed by atoms with Crippen molar-refractivity contribution in [3.63, 3.8) is 0 Å². The number of carbonyl (C=O) groups is 3. The lowest BCUT2D eigenvalue weighted by Gasteiger charge is -2.08. The van der Waals surface area contributed by atoms with Gasteiger partial charge in [-0.05, 0) is 59.8 Å². The predicted molar refractivity (Wildman–Crippen MR) is 104 cm³/mol. The van der Waals surface area contributed by atoms with E-state index in [-0.39, 0.29) is 17.8 Å². The fraction of sp³-hybridized carbons (Fsp3) is 0.0556. The van der Waals surface area contributed by atoms with Gasteiger partial charge in [-0.2, -0.15) is 0 Å². The number of carbonyl (C=O) groups excluding carboxylic acids is 3. The fourth-order valence-electron chi connectivity index (χ4n) is 2.11. The van der Waals surface area contributed by atoms with Crippen molar-refractivity contribution in [2.45, 2.75) is 0 Å². The van der Waals surface area contributed by atoms with E-state index in [4.69, 9.17) is 4.74 Å². The second-order valence-corrected chi connectivity index (χ2v) is 7.20. The number of imide groups is 1. The molecule has 0 bridgehead atoms. The molecule has 1 heterocycles. The zero-order chi connectivity index (χ0) is 18.5. The Bertz CT molecular complexity index is 879. The van der Waals surface area contributed by atoms with E-state index in [2.05, 4.69) is 26.6 Å². The van der Waals surface area contributed by atoms with Crippen LogP contribution in [-0.4, -0.2) is 23.7 Å². The van der Waals surface area contributed by atoms with Gasteiger partial charge < -0.3 is 10.1 Å². The van der Waals surface area contributed by atoms with Crippen LogP contribution in [-0.2, 0) is 9.59 Å². The van der Waals surface area contributed by atoms with Crippen molar-refractivity contribution < 1.29 is 19.1 Å². The van der Waals surface area contributed by atoms with Crippen LogP contribution < -0.4 is 15.4 Å². The molecule has 0 saturated carbocycles.